The topological polar surface area (TPSA) is 57.2 Å². The van der Waals surface area contributed by atoms with Gasteiger partial charge >= 0.3 is 0 Å². The number of nitrogens with two attached hydrogens (primary N) is 1. The summed E-state index contributed by atoms with van der Waals surface area (Å²) in [6.45, 7) is 6.66. The van der Waals surface area contributed by atoms with Gasteiger partial charge in [-0.15, -0.1) is 0 Å². The highest BCUT2D eigenvalue weighted by molar-refractivity contribution is 5.91. The van der Waals surface area contributed by atoms with Gasteiger partial charge in [-0.2, -0.15) is 0 Å². The van der Waals surface area contributed by atoms with Crippen LogP contribution in [0.4, 0.5) is 0 Å². The quantitative estimate of drug-likeness (QED) is 0.781. The average molecular weight is 322 g/mol. The first-order chi connectivity index (χ1) is 11.5. The predicted molar refractivity (Wildman–Crippen MR) is 96.2 cm³/mol. The van der Waals surface area contributed by atoms with Gasteiger partial charge < -0.3 is 15.0 Å². The Kier molecular flexibility index (Phi) is 4.30. The molecular weight excluding hydrogens is 300 g/mol. The number of amides is 1. The number of aryl methyl sites for hydroxylation is 1. The smallest absolute Gasteiger partial charge is 0.258 e. The molecule has 0 spiro atoms. The van der Waals surface area contributed by atoms with Crippen LogP contribution in [0.5, 0.6) is 5.75 Å². The number of rotatable bonds is 5. The Labute approximate surface area is 141 Å². The minimum Gasteiger partial charge on any atom is -0.480 e. The van der Waals surface area contributed by atoms with Gasteiger partial charge in [0.15, 0.2) is 6.10 Å². The molecule has 0 bridgehead atoms. The van der Waals surface area contributed by atoms with E-state index < -0.39 is 12.0 Å². The van der Waals surface area contributed by atoms with E-state index in [1.807, 2.05) is 30.3 Å². The molecule has 3 aromatic rings. The Morgan fingerprint density at radius 3 is 2.50 bits per heavy atom. The summed E-state index contributed by atoms with van der Waals surface area (Å²) < 4.78 is 8.08. The minimum absolute atomic E-state index is 0.468. The van der Waals surface area contributed by atoms with Crippen molar-refractivity contribution >= 4 is 16.8 Å². The second kappa shape index (κ2) is 6.40. The Hall–Kier alpha value is -2.75. The van der Waals surface area contributed by atoms with Gasteiger partial charge in [0.05, 0.1) is 5.52 Å². The molecule has 0 aliphatic heterocycles. The summed E-state index contributed by atoms with van der Waals surface area (Å²) in [5.41, 5.74) is 10.0. The first kappa shape index (κ1) is 16.1. The molecule has 24 heavy (non-hydrogen) atoms. The van der Waals surface area contributed by atoms with Gasteiger partial charge in [0, 0.05) is 17.6 Å². The lowest BCUT2D eigenvalue weighted by Gasteiger charge is -2.13. The molecule has 1 amide bonds. The van der Waals surface area contributed by atoms with Gasteiger partial charge in [0.2, 0.25) is 0 Å². The lowest BCUT2D eigenvalue weighted by Crippen LogP contribution is -2.30. The first-order valence-corrected chi connectivity index (χ1v) is 8.07. The van der Waals surface area contributed by atoms with E-state index in [1.165, 1.54) is 11.3 Å². The number of ether oxygens (including phenoxy) is 1. The van der Waals surface area contributed by atoms with Crippen LogP contribution in [0.15, 0.2) is 48.5 Å². The summed E-state index contributed by atoms with van der Waals surface area (Å²) in [4.78, 5) is 11.3. The highest BCUT2D eigenvalue weighted by Crippen LogP contribution is 2.34. The van der Waals surface area contributed by atoms with Gasteiger partial charge in [-0.1, -0.05) is 36.4 Å². The summed E-state index contributed by atoms with van der Waals surface area (Å²) in [6.07, 6.45) is -0.659. The predicted octanol–water partition coefficient (Wildman–Crippen LogP) is 3.56. The van der Waals surface area contributed by atoms with Crippen molar-refractivity contribution in [2.75, 3.05) is 0 Å². The van der Waals surface area contributed by atoms with Crippen molar-refractivity contribution in [3.05, 3.63) is 65.4 Å². The van der Waals surface area contributed by atoms with Crippen LogP contribution in [0.3, 0.4) is 0 Å². The Morgan fingerprint density at radius 1 is 1.12 bits per heavy atom. The summed E-state index contributed by atoms with van der Waals surface area (Å²) in [6, 6.07) is 16.3. The molecule has 0 aliphatic rings. The SMILES string of the molecule is Cc1c(C)n(Cc2ccccc2)c2cccc(OC(C)C(N)=O)c12. The molecule has 1 atom stereocenters. The molecule has 0 aliphatic carbocycles. The van der Waals surface area contributed by atoms with E-state index in [0.29, 0.717) is 5.75 Å². The molecule has 3 rings (SSSR count). The molecule has 0 saturated carbocycles. The summed E-state index contributed by atoms with van der Waals surface area (Å²) in [5.74, 6) is 0.233. The maximum absolute atomic E-state index is 11.3. The highest BCUT2D eigenvalue weighted by Gasteiger charge is 2.18. The van der Waals surface area contributed by atoms with Crippen molar-refractivity contribution in [3.8, 4) is 5.75 Å². The van der Waals surface area contributed by atoms with E-state index in [9.17, 15) is 4.79 Å². The molecule has 1 aromatic heterocycles. The van der Waals surface area contributed by atoms with Crippen LogP contribution in [0.1, 0.15) is 23.7 Å². The summed E-state index contributed by atoms with van der Waals surface area (Å²) in [5, 5.41) is 1.04. The number of fused-ring (bicyclic) bond motifs is 1. The molecule has 0 fully saturated rings. The van der Waals surface area contributed by atoms with Crippen molar-refractivity contribution in [2.45, 2.75) is 33.4 Å². The van der Waals surface area contributed by atoms with Crippen LogP contribution in [-0.2, 0) is 11.3 Å². The van der Waals surface area contributed by atoms with Crippen molar-refractivity contribution in [2.24, 2.45) is 5.73 Å². The molecule has 2 aromatic carbocycles. The maximum atomic E-state index is 11.3. The highest BCUT2D eigenvalue weighted by atomic mass is 16.5. The number of carbonyl (C=O) groups is 1. The van der Waals surface area contributed by atoms with E-state index in [-0.39, 0.29) is 0 Å². The second-order valence-corrected chi connectivity index (χ2v) is 6.09. The van der Waals surface area contributed by atoms with Crippen LogP contribution in [0.2, 0.25) is 0 Å². The fourth-order valence-electron chi connectivity index (χ4n) is 3.00. The normalized spacial score (nSPS) is 12.3. The lowest BCUT2D eigenvalue weighted by atomic mass is 10.1. The molecule has 4 nitrogen and oxygen atoms in total. The molecular formula is C20H22N2O2. The van der Waals surface area contributed by atoms with Crippen molar-refractivity contribution in [1.29, 1.82) is 0 Å². The van der Waals surface area contributed by atoms with Gasteiger partial charge in [-0.3, -0.25) is 4.79 Å². The van der Waals surface area contributed by atoms with Crippen molar-refractivity contribution < 1.29 is 9.53 Å². The van der Waals surface area contributed by atoms with Crippen LogP contribution >= 0.6 is 0 Å². The van der Waals surface area contributed by atoms with Crippen molar-refractivity contribution in [1.82, 2.24) is 4.57 Å². The van der Waals surface area contributed by atoms with Crippen LogP contribution in [0.25, 0.3) is 10.9 Å². The largest absolute Gasteiger partial charge is 0.480 e. The van der Waals surface area contributed by atoms with Gasteiger partial charge in [0.25, 0.3) is 5.91 Å². The van der Waals surface area contributed by atoms with Crippen LogP contribution < -0.4 is 10.5 Å². The number of aromatic nitrogens is 1. The summed E-state index contributed by atoms with van der Waals surface area (Å²) in [7, 11) is 0. The number of benzene rings is 2. The minimum atomic E-state index is -0.659. The number of hydrogen-bond donors (Lipinski definition) is 1. The van der Waals surface area contributed by atoms with Gasteiger partial charge in [-0.05, 0) is 44.0 Å². The third kappa shape index (κ3) is 2.87. The molecule has 124 valence electrons. The summed E-state index contributed by atoms with van der Waals surface area (Å²) >= 11 is 0. The third-order valence-corrected chi connectivity index (χ3v) is 4.51. The Balaban J connectivity index is 2.09. The fourth-order valence-corrected chi connectivity index (χ4v) is 3.00. The third-order valence-electron chi connectivity index (χ3n) is 4.51. The molecule has 1 unspecified atom stereocenters. The number of hydrogen-bond acceptors (Lipinski definition) is 2. The average Bonchev–Trinajstić information content (AvgIpc) is 2.81. The van der Waals surface area contributed by atoms with E-state index in [2.05, 4.69) is 36.6 Å². The van der Waals surface area contributed by atoms with E-state index >= 15 is 0 Å². The van der Waals surface area contributed by atoms with E-state index in [4.69, 9.17) is 10.5 Å². The zero-order valence-corrected chi connectivity index (χ0v) is 14.2. The monoisotopic (exact) mass is 322 g/mol. The van der Waals surface area contributed by atoms with Gasteiger partial charge in [-0.25, -0.2) is 0 Å². The lowest BCUT2D eigenvalue weighted by molar-refractivity contribution is -0.123. The molecule has 0 radical (unpaired) electrons. The number of carbonyl (C=O) groups excluding carboxylic acids is 1. The zero-order valence-electron chi connectivity index (χ0n) is 14.2. The first-order valence-electron chi connectivity index (χ1n) is 8.07. The Bertz CT molecular complexity index is 882. The fraction of sp³-hybridized carbons (Fsp3) is 0.250. The van der Waals surface area contributed by atoms with Gasteiger partial charge in [0.1, 0.15) is 5.75 Å². The zero-order chi connectivity index (χ0) is 17.3. The molecule has 1 heterocycles. The maximum Gasteiger partial charge on any atom is 0.258 e. The van der Waals surface area contributed by atoms with Crippen molar-refractivity contribution in [3.63, 3.8) is 0 Å². The van der Waals surface area contributed by atoms with Crippen LogP contribution in [-0.4, -0.2) is 16.6 Å². The second-order valence-electron chi connectivity index (χ2n) is 6.09. The molecule has 4 heteroatoms. The number of primary amides is 1. The standard InChI is InChI=1S/C20H22N2O2/c1-13-14(2)22(12-16-8-5-4-6-9-16)17-10-7-11-18(19(13)17)24-15(3)20(21)23/h4-11,15H,12H2,1-3H3,(H2,21,23). The van der Waals surface area contributed by atoms with Crippen LogP contribution in [0, 0.1) is 13.8 Å². The van der Waals surface area contributed by atoms with E-state index in [0.717, 1.165) is 23.0 Å². The molecule has 0 saturated heterocycles. The van der Waals surface area contributed by atoms with E-state index in [1.54, 1.807) is 6.92 Å². The Morgan fingerprint density at radius 2 is 1.83 bits per heavy atom. The number of nitrogens with zero attached hydrogens (tertiary/aromatic N) is 1. The molecule has 2 N–H and O–H groups in total.